The molecule has 10 heteroatoms. The van der Waals surface area contributed by atoms with Crippen LogP contribution in [0.15, 0.2) is 60.8 Å². The Bertz CT molecular complexity index is 1520. The molecule has 0 aliphatic carbocycles. The minimum Gasteiger partial charge on any atom is -0.350 e. The van der Waals surface area contributed by atoms with Gasteiger partial charge in [0, 0.05) is 42.0 Å². The third kappa shape index (κ3) is 3.48. The molecule has 2 atom stereocenters. The maximum Gasteiger partial charge on any atom is 0.211 e. The summed E-state index contributed by atoms with van der Waals surface area (Å²) in [4.78, 5) is 6.94. The summed E-state index contributed by atoms with van der Waals surface area (Å²) in [6.45, 7) is 1.10. The fourth-order valence-corrected chi connectivity index (χ4v) is 6.68. The number of sulfonamides is 1. The molecule has 2 aromatic carbocycles. The van der Waals surface area contributed by atoms with Crippen molar-refractivity contribution in [2.45, 2.75) is 18.5 Å². The second kappa shape index (κ2) is 7.95. The molecule has 6 rings (SSSR count). The van der Waals surface area contributed by atoms with Crippen molar-refractivity contribution in [3.05, 3.63) is 70.8 Å². The van der Waals surface area contributed by atoms with Crippen molar-refractivity contribution in [2.24, 2.45) is 0 Å². The van der Waals surface area contributed by atoms with Crippen LogP contribution in [0.25, 0.3) is 28.0 Å². The lowest BCUT2D eigenvalue weighted by Gasteiger charge is -2.34. The van der Waals surface area contributed by atoms with Crippen LogP contribution in [0.2, 0.25) is 10.0 Å². The summed E-state index contributed by atoms with van der Waals surface area (Å²) in [6, 6.07) is 17.2. The van der Waals surface area contributed by atoms with Gasteiger partial charge in [-0.05, 0) is 36.2 Å². The highest BCUT2D eigenvalue weighted by Crippen LogP contribution is 2.41. The van der Waals surface area contributed by atoms with Gasteiger partial charge in [-0.2, -0.15) is 13.9 Å². The average molecular weight is 514 g/mol. The smallest absolute Gasteiger partial charge is 0.211 e. The Balaban J connectivity index is 1.53. The molecule has 4 heterocycles. The molecule has 2 aliphatic heterocycles. The SMILES string of the molecule is CS(=O)(=O)N1CC2CC1CN2c1ccnc2c(-c3ccc(Cl)cc3)c(-c3ccccc3Cl)nn12. The van der Waals surface area contributed by atoms with Gasteiger partial charge < -0.3 is 4.90 Å². The number of hydrogen-bond donors (Lipinski definition) is 0. The summed E-state index contributed by atoms with van der Waals surface area (Å²) in [7, 11) is -3.22. The van der Waals surface area contributed by atoms with Crippen LogP contribution >= 0.6 is 23.2 Å². The van der Waals surface area contributed by atoms with Crippen molar-refractivity contribution in [1.29, 1.82) is 0 Å². The van der Waals surface area contributed by atoms with Gasteiger partial charge >= 0.3 is 0 Å². The number of fused-ring (bicyclic) bond motifs is 3. The first-order valence-electron chi connectivity index (χ1n) is 10.9. The molecule has 0 radical (unpaired) electrons. The first-order chi connectivity index (χ1) is 16.3. The topological polar surface area (TPSA) is 70.8 Å². The van der Waals surface area contributed by atoms with Crippen molar-refractivity contribution in [1.82, 2.24) is 18.9 Å². The molecule has 4 aromatic rings. The lowest BCUT2D eigenvalue weighted by Crippen LogP contribution is -2.48. The predicted molar refractivity (Wildman–Crippen MR) is 135 cm³/mol. The molecule has 0 amide bonds. The first kappa shape index (κ1) is 21.9. The molecule has 0 saturated carbocycles. The monoisotopic (exact) mass is 513 g/mol. The summed E-state index contributed by atoms with van der Waals surface area (Å²) in [5, 5.41) is 6.25. The lowest BCUT2D eigenvalue weighted by atomic mass is 10.0. The molecule has 2 aromatic heterocycles. The van der Waals surface area contributed by atoms with Crippen LogP contribution < -0.4 is 4.90 Å². The minimum atomic E-state index is -3.22. The number of halogens is 2. The Hall–Kier alpha value is -2.65. The van der Waals surface area contributed by atoms with Gasteiger partial charge in [0.25, 0.3) is 0 Å². The van der Waals surface area contributed by atoms with Crippen LogP contribution in [-0.2, 0) is 10.0 Å². The fourth-order valence-electron chi connectivity index (χ4n) is 5.19. The fraction of sp³-hybridized carbons (Fsp3) is 0.250. The van der Waals surface area contributed by atoms with Crippen molar-refractivity contribution in [2.75, 3.05) is 24.2 Å². The summed E-state index contributed by atoms with van der Waals surface area (Å²) >= 11 is 12.7. The van der Waals surface area contributed by atoms with Crippen LogP contribution in [0.3, 0.4) is 0 Å². The normalized spacial score (nSPS) is 20.5. The summed E-state index contributed by atoms with van der Waals surface area (Å²) in [5.41, 5.74) is 4.06. The lowest BCUT2D eigenvalue weighted by molar-refractivity contribution is 0.370. The molecule has 2 unspecified atom stereocenters. The number of rotatable bonds is 4. The van der Waals surface area contributed by atoms with Crippen LogP contribution in [0, 0.1) is 0 Å². The average Bonchev–Trinajstić information content (AvgIpc) is 3.52. The summed E-state index contributed by atoms with van der Waals surface area (Å²) in [6.07, 6.45) is 3.87. The molecule has 2 aliphatic rings. The number of piperazine rings is 1. The van der Waals surface area contributed by atoms with Gasteiger partial charge in [-0.1, -0.05) is 53.5 Å². The van der Waals surface area contributed by atoms with E-state index in [2.05, 4.69) is 4.90 Å². The summed E-state index contributed by atoms with van der Waals surface area (Å²) < 4.78 is 27.8. The maximum atomic E-state index is 12.2. The Labute approximate surface area is 207 Å². The second-order valence-electron chi connectivity index (χ2n) is 8.78. The molecule has 7 nitrogen and oxygen atoms in total. The van der Waals surface area contributed by atoms with Gasteiger partial charge in [-0.15, -0.1) is 0 Å². The van der Waals surface area contributed by atoms with Gasteiger partial charge in [0.15, 0.2) is 5.65 Å². The number of benzene rings is 2. The molecular weight excluding hydrogens is 493 g/mol. The van der Waals surface area contributed by atoms with E-state index in [4.69, 9.17) is 33.3 Å². The van der Waals surface area contributed by atoms with Crippen molar-refractivity contribution >= 4 is 44.7 Å². The molecule has 34 heavy (non-hydrogen) atoms. The Morgan fingerprint density at radius 3 is 2.41 bits per heavy atom. The maximum absolute atomic E-state index is 12.2. The van der Waals surface area contributed by atoms with Gasteiger partial charge in [0.1, 0.15) is 11.5 Å². The Kier molecular flexibility index (Phi) is 5.11. The molecule has 2 saturated heterocycles. The van der Waals surface area contributed by atoms with Crippen molar-refractivity contribution < 1.29 is 8.42 Å². The third-order valence-corrected chi connectivity index (χ3v) is 8.55. The molecule has 0 N–H and O–H groups in total. The van der Waals surface area contributed by atoms with Gasteiger partial charge in [-0.25, -0.2) is 13.4 Å². The van der Waals surface area contributed by atoms with E-state index in [-0.39, 0.29) is 12.1 Å². The van der Waals surface area contributed by atoms with E-state index >= 15 is 0 Å². The molecule has 0 spiro atoms. The quantitative estimate of drug-likeness (QED) is 0.399. The van der Waals surface area contributed by atoms with Crippen LogP contribution in [-0.4, -0.2) is 58.8 Å². The van der Waals surface area contributed by atoms with Crippen LogP contribution in [0.5, 0.6) is 0 Å². The van der Waals surface area contributed by atoms with E-state index in [0.717, 1.165) is 34.6 Å². The van der Waals surface area contributed by atoms with Gasteiger partial charge in [0.2, 0.25) is 10.0 Å². The Morgan fingerprint density at radius 1 is 0.971 bits per heavy atom. The zero-order valence-corrected chi connectivity index (χ0v) is 20.6. The number of nitrogens with zero attached hydrogens (tertiary/aromatic N) is 5. The van der Waals surface area contributed by atoms with Gasteiger partial charge in [0.05, 0.1) is 16.8 Å². The zero-order chi connectivity index (χ0) is 23.6. The summed E-state index contributed by atoms with van der Waals surface area (Å²) in [5.74, 6) is 0.888. The largest absolute Gasteiger partial charge is 0.350 e. The second-order valence-corrected chi connectivity index (χ2v) is 11.6. The van der Waals surface area contributed by atoms with E-state index in [9.17, 15) is 8.42 Å². The number of anilines is 1. The minimum absolute atomic E-state index is 0.0300. The molecule has 2 bridgehead atoms. The molecule has 2 fully saturated rings. The number of hydrogen-bond acceptors (Lipinski definition) is 5. The van der Waals surface area contributed by atoms with Crippen molar-refractivity contribution in [3.8, 4) is 22.4 Å². The standard InChI is InChI=1S/C24H21Cl2N5O2S/c1-34(32,33)30-14-17-12-18(30)13-29(17)21-10-11-27-24-22(15-6-8-16(25)9-7-15)23(28-31(21)24)19-4-2-3-5-20(19)26/h2-11,17-18H,12-14H2,1H3. The highest BCUT2D eigenvalue weighted by atomic mass is 35.5. The van der Waals surface area contributed by atoms with Gasteiger partial charge in [-0.3, -0.25) is 0 Å². The van der Waals surface area contributed by atoms with E-state index in [1.54, 1.807) is 10.5 Å². The number of aromatic nitrogens is 3. The van der Waals surface area contributed by atoms with E-state index in [1.165, 1.54) is 6.26 Å². The van der Waals surface area contributed by atoms with E-state index in [1.807, 2.05) is 59.1 Å². The zero-order valence-electron chi connectivity index (χ0n) is 18.3. The third-order valence-electron chi connectivity index (χ3n) is 6.67. The Morgan fingerprint density at radius 2 is 1.74 bits per heavy atom. The van der Waals surface area contributed by atoms with E-state index < -0.39 is 10.0 Å². The molecule has 174 valence electrons. The van der Waals surface area contributed by atoms with Crippen LogP contribution in [0.1, 0.15) is 6.42 Å². The highest BCUT2D eigenvalue weighted by Gasteiger charge is 2.47. The van der Waals surface area contributed by atoms with E-state index in [0.29, 0.717) is 28.8 Å². The predicted octanol–water partition coefficient (Wildman–Crippen LogP) is 4.59. The first-order valence-corrected chi connectivity index (χ1v) is 13.5. The molecular formula is C24H21Cl2N5O2S. The van der Waals surface area contributed by atoms with Crippen molar-refractivity contribution in [3.63, 3.8) is 0 Å². The highest BCUT2D eigenvalue weighted by molar-refractivity contribution is 7.88. The van der Waals surface area contributed by atoms with Crippen LogP contribution in [0.4, 0.5) is 5.82 Å².